The Morgan fingerprint density at radius 1 is 0.881 bits per heavy atom. The summed E-state index contributed by atoms with van der Waals surface area (Å²) in [6, 6.07) is 4.72. The van der Waals surface area contributed by atoms with E-state index >= 15 is 0 Å². The molecule has 232 valence electrons. The summed E-state index contributed by atoms with van der Waals surface area (Å²) in [7, 11) is 2.52. The minimum Gasteiger partial charge on any atom is -0.497 e. The summed E-state index contributed by atoms with van der Waals surface area (Å²) in [5, 5.41) is 2.58. The molecule has 2 rings (SSSR count). The minimum atomic E-state index is -2.36. The van der Waals surface area contributed by atoms with E-state index in [-0.39, 0.29) is 5.75 Å². The molecule has 0 saturated carbocycles. The van der Waals surface area contributed by atoms with Gasteiger partial charge >= 0.3 is 35.6 Å². The largest absolute Gasteiger partial charge is 0.497 e. The van der Waals surface area contributed by atoms with Crippen molar-refractivity contribution in [2.24, 2.45) is 0 Å². The number of rotatable bonds is 12. The molecule has 42 heavy (non-hydrogen) atoms. The highest BCUT2D eigenvalue weighted by atomic mass is 16.7. The zero-order valence-electron chi connectivity index (χ0n) is 24.3. The molecule has 15 nitrogen and oxygen atoms in total. The highest BCUT2D eigenvalue weighted by Gasteiger charge is 2.60. The average Bonchev–Trinajstić information content (AvgIpc) is 2.90. The van der Waals surface area contributed by atoms with Gasteiger partial charge in [-0.25, -0.2) is 4.79 Å². The van der Waals surface area contributed by atoms with E-state index in [1.165, 1.54) is 26.2 Å². The maximum Gasteiger partial charge on any atom is 0.379 e. The number of benzene rings is 1. The topological polar surface area (TPSA) is 188 Å². The highest BCUT2D eigenvalue weighted by molar-refractivity contribution is 5.79. The fraction of sp³-hybridized carbons (Fsp3) is 0.556. The first-order valence-electron chi connectivity index (χ1n) is 12.7. The van der Waals surface area contributed by atoms with Gasteiger partial charge in [0.1, 0.15) is 30.3 Å². The molecule has 1 saturated heterocycles. The molecular weight excluding hydrogens is 562 g/mol. The van der Waals surface area contributed by atoms with E-state index in [4.69, 9.17) is 37.9 Å². The van der Waals surface area contributed by atoms with Gasteiger partial charge in [0.25, 0.3) is 0 Å². The monoisotopic (exact) mass is 597 g/mol. The Morgan fingerprint density at radius 3 is 1.95 bits per heavy atom. The summed E-state index contributed by atoms with van der Waals surface area (Å²) in [5.41, 5.74) is 0. The lowest BCUT2D eigenvalue weighted by molar-refractivity contribution is -0.289. The van der Waals surface area contributed by atoms with E-state index in [0.29, 0.717) is 5.75 Å². The maximum absolute atomic E-state index is 13.3. The van der Waals surface area contributed by atoms with Gasteiger partial charge in [0, 0.05) is 34.6 Å². The first kappa shape index (κ1) is 33.8. The van der Waals surface area contributed by atoms with Crippen LogP contribution in [0.3, 0.4) is 0 Å². The number of methoxy groups -OCH3 is 2. The average molecular weight is 598 g/mol. The van der Waals surface area contributed by atoms with Crippen LogP contribution in [0.1, 0.15) is 41.0 Å². The Hall–Kier alpha value is -4.40. The lowest BCUT2D eigenvalue weighted by Crippen LogP contribution is -2.70. The zero-order valence-corrected chi connectivity index (χ0v) is 24.3. The predicted octanol–water partition coefficient (Wildman–Crippen LogP) is 0.595. The van der Waals surface area contributed by atoms with E-state index < -0.39 is 85.0 Å². The van der Waals surface area contributed by atoms with Crippen molar-refractivity contribution in [1.29, 1.82) is 0 Å². The number of carbonyl (C=O) groups is 6. The van der Waals surface area contributed by atoms with Crippen molar-refractivity contribution in [3.8, 4) is 11.5 Å². The number of esters is 5. The van der Waals surface area contributed by atoms with Gasteiger partial charge < -0.3 is 43.2 Å². The lowest BCUT2D eigenvalue weighted by Gasteiger charge is -2.48. The molecule has 0 bridgehead atoms. The number of hydrogen-bond acceptors (Lipinski definition) is 14. The molecule has 4 unspecified atom stereocenters. The molecule has 1 N–H and O–H groups in total. The van der Waals surface area contributed by atoms with Crippen molar-refractivity contribution in [2.75, 3.05) is 20.8 Å². The normalized spacial score (nSPS) is 22.8. The molecule has 0 aromatic heterocycles. The summed E-state index contributed by atoms with van der Waals surface area (Å²) in [6.45, 7) is 4.87. The second-order valence-electron chi connectivity index (χ2n) is 9.21. The molecule has 1 aromatic carbocycles. The van der Waals surface area contributed by atoms with Gasteiger partial charge in [-0.05, 0) is 24.3 Å². The van der Waals surface area contributed by atoms with E-state index in [2.05, 4.69) is 5.32 Å². The van der Waals surface area contributed by atoms with Gasteiger partial charge in [0.2, 0.25) is 5.91 Å². The van der Waals surface area contributed by atoms with Crippen LogP contribution in [0.15, 0.2) is 24.3 Å². The van der Waals surface area contributed by atoms with Crippen molar-refractivity contribution >= 4 is 35.8 Å². The van der Waals surface area contributed by atoms with Crippen molar-refractivity contribution in [1.82, 2.24) is 5.32 Å². The number of ether oxygens (including phenoxy) is 8. The predicted molar refractivity (Wildman–Crippen MR) is 139 cm³/mol. The summed E-state index contributed by atoms with van der Waals surface area (Å²) < 4.78 is 43.7. The zero-order chi connectivity index (χ0) is 31.6. The third kappa shape index (κ3) is 9.33. The Kier molecular flexibility index (Phi) is 12.1. The molecule has 1 fully saturated rings. The van der Waals surface area contributed by atoms with Crippen molar-refractivity contribution in [2.45, 2.75) is 77.3 Å². The van der Waals surface area contributed by atoms with Crippen LogP contribution in [-0.4, -0.2) is 92.8 Å². The van der Waals surface area contributed by atoms with Crippen molar-refractivity contribution in [3.05, 3.63) is 24.3 Å². The van der Waals surface area contributed by atoms with Gasteiger partial charge in [-0.1, -0.05) is 0 Å². The standard InChI is InChI=1S/C27H35NO14/c1-14(29)28-23-21(38-16(3)31)12-27(26(34)36-7,41-20-10-8-19(35-6)9-11-20)42-25(23)24(40-18(5)33)22(39-17(4)32)13-37-15(2)30/h8-11,21-25H,12-13H2,1-7H3,(H,28,29)/t21?,22-,23?,24-,25?,27?/m1/s1. The van der Waals surface area contributed by atoms with Crippen LogP contribution in [0.2, 0.25) is 0 Å². The molecule has 1 aliphatic rings. The van der Waals surface area contributed by atoms with Gasteiger partial charge in [0.15, 0.2) is 12.2 Å². The van der Waals surface area contributed by atoms with Gasteiger partial charge in [-0.15, -0.1) is 0 Å². The Balaban J connectivity index is 2.77. The van der Waals surface area contributed by atoms with Crippen LogP contribution in [0.5, 0.6) is 11.5 Å². The van der Waals surface area contributed by atoms with Crippen molar-refractivity contribution in [3.63, 3.8) is 0 Å². The quantitative estimate of drug-likeness (QED) is 0.260. The molecule has 1 aliphatic heterocycles. The van der Waals surface area contributed by atoms with Gasteiger partial charge in [-0.2, -0.15) is 0 Å². The van der Waals surface area contributed by atoms with Crippen molar-refractivity contribution < 1.29 is 66.7 Å². The molecule has 15 heteroatoms. The Bertz CT molecular complexity index is 1150. The van der Waals surface area contributed by atoms with Gasteiger partial charge in [0.05, 0.1) is 26.7 Å². The molecule has 6 atom stereocenters. The van der Waals surface area contributed by atoms with Crippen LogP contribution < -0.4 is 14.8 Å². The second kappa shape index (κ2) is 15.0. The first-order valence-corrected chi connectivity index (χ1v) is 12.7. The molecule has 0 aliphatic carbocycles. The molecule has 1 aromatic rings. The third-order valence-corrected chi connectivity index (χ3v) is 5.84. The summed E-state index contributed by atoms with van der Waals surface area (Å²) in [6.07, 6.45) is -6.62. The summed E-state index contributed by atoms with van der Waals surface area (Å²) in [5.74, 6) is -6.75. The Morgan fingerprint density at radius 2 is 1.48 bits per heavy atom. The number of hydrogen-bond donors (Lipinski definition) is 1. The fourth-order valence-electron chi connectivity index (χ4n) is 4.34. The van der Waals surface area contributed by atoms with E-state index in [0.717, 1.165) is 34.8 Å². The van der Waals surface area contributed by atoms with Crippen LogP contribution in [-0.2, 0) is 57.2 Å². The summed E-state index contributed by atoms with van der Waals surface area (Å²) in [4.78, 5) is 73.7. The maximum atomic E-state index is 13.3. The molecular formula is C27H35NO14. The first-order chi connectivity index (χ1) is 19.7. The number of amides is 1. The Labute approximate surface area is 242 Å². The molecule has 1 amide bonds. The third-order valence-electron chi connectivity index (χ3n) is 5.84. The van der Waals surface area contributed by atoms with Crippen LogP contribution in [0, 0.1) is 0 Å². The SMILES string of the molecule is COC(=O)C1(Oc2ccc(OC)cc2)CC(OC(C)=O)C(NC(C)=O)C([C@H](OC(C)=O)[C@@H](COC(C)=O)OC(C)=O)O1. The lowest BCUT2D eigenvalue weighted by atomic mass is 9.88. The van der Waals surface area contributed by atoms with Crippen LogP contribution >= 0.6 is 0 Å². The van der Waals surface area contributed by atoms with Crippen LogP contribution in [0.25, 0.3) is 0 Å². The number of carbonyl (C=O) groups excluding carboxylic acids is 6. The molecule has 0 radical (unpaired) electrons. The fourth-order valence-corrected chi connectivity index (χ4v) is 4.34. The molecule has 0 spiro atoms. The number of nitrogens with one attached hydrogen (secondary N) is 1. The van der Waals surface area contributed by atoms with Gasteiger partial charge in [-0.3, -0.25) is 24.0 Å². The van der Waals surface area contributed by atoms with E-state index in [1.54, 1.807) is 12.1 Å². The minimum absolute atomic E-state index is 0.0972. The second-order valence-corrected chi connectivity index (χ2v) is 9.21. The molecule has 1 heterocycles. The smallest absolute Gasteiger partial charge is 0.379 e. The van der Waals surface area contributed by atoms with E-state index in [1.807, 2.05) is 0 Å². The van der Waals surface area contributed by atoms with Crippen LogP contribution in [0.4, 0.5) is 0 Å². The summed E-state index contributed by atoms with van der Waals surface area (Å²) >= 11 is 0. The highest BCUT2D eigenvalue weighted by Crippen LogP contribution is 2.38. The van der Waals surface area contributed by atoms with E-state index in [9.17, 15) is 28.8 Å².